The molecule has 3 aromatic rings. The van der Waals surface area contributed by atoms with Gasteiger partial charge in [-0.05, 0) is 0 Å². The van der Waals surface area contributed by atoms with Crippen LogP contribution in [0, 0.1) is 16.2 Å². The molecule has 0 radical (unpaired) electrons. The molecule has 2 heterocycles. The number of aromatic hydroxyl groups is 1. The van der Waals surface area contributed by atoms with Crippen molar-refractivity contribution in [2.45, 2.75) is 92.0 Å². The van der Waals surface area contributed by atoms with Crippen LogP contribution in [0.2, 0.25) is 0 Å². The molecule has 4 unspecified atom stereocenters. The Morgan fingerprint density at radius 3 is 1.96 bits per heavy atom. The quantitative estimate of drug-likeness (QED) is 0.101. The van der Waals surface area contributed by atoms with Crippen molar-refractivity contribution >= 4 is 44.3 Å². The van der Waals surface area contributed by atoms with Gasteiger partial charge in [0.2, 0.25) is 0 Å². The molecule has 1 aliphatic heterocycles. The van der Waals surface area contributed by atoms with Gasteiger partial charge in [0.15, 0.2) is 0 Å². The number of carbonyl (C=O) groups excluding carboxylic acids is 4. The Bertz CT molecular complexity index is 1680. The summed E-state index contributed by atoms with van der Waals surface area (Å²) in [5.74, 6) is -3.98. The number of hydrogen-bond acceptors (Lipinski definition) is 10. The number of hydrogen-bond donors (Lipinski definition) is 2. The third kappa shape index (κ3) is 7.30. The van der Waals surface area contributed by atoms with E-state index in [2.05, 4.69) is 0 Å². The Labute approximate surface area is 297 Å². The minimum absolute atomic E-state index is 0.0336. The van der Waals surface area contributed by atoms with Gasteiger partial charge in [0.25, 0.3) is 0 Å². The zero-order valence-electron chi connectivity index (χ0n) is 29.5. The normalized spacial score (nSPS) is 18.4. The van der Waals surface area contributed by atoms with Crippen molar-refractivity contribution in [3.8, 4) is 11.5 Å². The fourth-order valence-electron chi connectivity index (χ4n) is 6.17. The molecule has 1 fully saturated rings. The van der Waals surface area contributed by atoms with Gasteiger partial charge in [-0.1, -0.05) is 0 Å². The number of phenols is 1. The zero-order chi connectivity index (χ0) is 36.6. The minimum atomic E-state index is -2.03. The van der Waals surface area contributed by atoms with E-state index in [1.807, 2.05) is 30.3 Å². The van der Waals surface area contributed by atoms with Crippen LogP contribution in [0.15, 0.2) is 66.7 Å². The predicted molar refractivity (Wildman–Crippen MR) is 182 cm³/mol. The van der Waals surface area contributed by atoms with E-state index in [1.54, 1.807) is 53.7 Å². The monoisotopic (exact) mass is 792 g/mol. The van der Waals surface area contributed by atoms with Crippen LogP contribution in [-0.4, -0.2) is 67.2 Å². The summed E-state index contributed by atoms with van der Waals surface area (Å²) in [6.45, 7) is 14.9. The summed E-state index contributed by atoms with van der Waals surface area (Å²) < 4.78 is 24.8. The van der Waals surface area contributed by atoms with Crippen LogP contribution in [0.1, 0.15) is 87.4 Å². The molecule has 4 rings (SSSR count). The standard InChI is InChI=1S/C38H46O10Te/c1-23(24-13-11-10-12-14-24)37(8,32(42)46-26-17-15-25(39)16-18-26)38(9,33(43)47-27-21-22-45-30(27)40)34(2,3)31(41)48-36(6,7)29-20-19-28(49-29)35(4,5)44/h10-20,23,27,39,44H,21-22H2,1-9H3. The molecule has 0 saturated carbocycles. The number of ether oxygens (including phenoxy) is 4. The molecule has 4 atom stereocenters. The summed E-state index contributed by atoms with van der Waals surface area (Å²) in [5, 5.41) is 20.4. The molecule has 2 aromatic carbocycles. The number of cyclic esters (lactones) is 1. The van der Waals surface area contributed by atoms with Gasteiger partial charge in [-0.15, -0.1) is 0 Å². The van der Waals surface area contributed by atoms with Crippen molar-refractivity contribution in [1.82, 2.24) is 0 Å². The predicted octanol–water partition coefficient (Wildman–Crippen LogP) is 5.76. The number of carbonyl (C=O) groups is 4. The van der Waals surface area contributed by atoms with Gasteiger partial charge in [0.1, 0.15) is 5.75 Å². The molecular formula is C38H46O10Te. The summed E-state index contributed by atoms with van der Waals surface area (Å²) >= 11 is -1.06. The first kappa shape index (κ1) is 38.2. The molecular weight excluding hydrogens is 744 g/mol. The topological polar surface area (TPSA) is 146 Å². The molecule has 1 aliphatic rings. The number of benzene rings is 2. The van der Waals surface area contributed by atoms with Crippen LogP contribution < -0.4 is 4.74 Å². The first-order chi connectivity index (χ1) is 22.7. The number of rotatable bonds is 12. The van der Waals surface area contributed by atoms with E-state index in [9.17, 15) is 29.4 Å². The Morgan fingerprint density at radius 1 is 0.837 bits per heavy atom. The average Bonchev–Trinajstić information content (AvgIpc) is 3.71. The second-order valence-corrected chi connectivity index (χ2v) is 17.5. The van der Waals surface area contributed by atoms with E-state index in [0.29, 0.717) is 5.56 Å². The Morgan fingerprint density at radius 2 is 1.43 bits per heavy atom. The molecule has 0 spiro atoms. The van der Waals surface area contributed by atoms with Crippen LogP contribution >= 0.6 is 0 Å². The van der Waals surface area contributed by atoms with Gasteiger partial charge in [-0.25, -0.2) is 0 Å². The third-order valence-corrected chi connectivity index (χ3v) is 15.0. The van der Waals surface area contributed by atoms with Crippen molar-refractivity contribution in [3.63, 3.8) is 0 Å². The van der Waals surface area contributed by atoms with E-state index in [-0.39, 0.29) is 24.5 Å². The number of phenolic OH excluding ortho intramolecular Hbond substituents is 1. The summed E-state index contributed by atoms with van der Waals surface area (Å²) in [6, 6.07) is 18.4. The van der Waals surface area contributed by atoms with E-state index in [0.717, 1.165) is 7.16 Å². The fourth-order valence-corrected chi connectivity index (χ4v) is 9.15. The Balaban J connectivity index is 1.88. The van der Waals surface area contributed by atoms with Gasteiger partial charge < -0.3 is 5.11 Å². The fraction of sp³-hybridized carbons (Fsp3) is 0.474. The molecule has 2 N–H and O–H groups in total. The van der Waals surface area contributed by atoms with Crippen molar-refractivity contribution < 1.29 is 48.3 Å². The van der Waals surface area contributed by atoms with Gasteiger partial charge in [0.05, 0.1) is 0 Å². The summed E-state index contributed by atoms with van der Waals surface area (Å²) in [6.07, 6.45) is -1.10. The van der Waals surface area contributed by atoms with Gasteiger partial charge >= 0.3 is 288 Å². The van der Waals surface area contributed by atoms with Gasteiger partial charge in [-0.3, -0.25) is 0 Å². The first-order valence-corrected chi connectivity index (χ1v) is 18.5. The SMILES string of the molecule is CC(c1ccccc1)C(C)(C(=O)Oc1ccc(O)cc1)C(C)(C(=O)OC1CCOC1=O)C(C)(C)C(=O)OC(C)(C)c1ccc(C(C)(C)O)[te]1. The van der Waals surface area contributed by atoms with E-state index < -0.39 is 83.8 Å². The molecule has 11 heteroatoms. The number of aliphatic hydroxyl groups is 1. The first-order valence-electron chi connectivity index (χ1n) is 16.2. The van der Waals surface area contributed by atoms with E-state index in [4.69, 9.17) is 18.9 Å². The molecule has 0 bridgehead atoms. The second kappa shape index (κ2) is 13.9. The summed E-state index contributed by atoms with van der Waals surface area (Å²) in [5.41, 5.74) is -7.10. The second-order valence-electron chi connectivity index (χ2n) is 14.4. The molecule has 0 amide bonds. The van der Waals surface area contributed by atoms with Crippen LogP contribution in [0.3, 0.4) is 0 Å². The summed E-state index contributed by atoms with van der Waals surface area (Å²) in [4.78, 5) is 56.6. The molecule has 0 aliphatic carbocycles. The van der Waals surface area contributed by atoms with Crippen molar-refractivity contribution in [1.29, 1.82) is 0 Å². The van der Waals surface area contributed by atoms with Gasteiger partial charge in [-0.2, -0.15) is 0 Å². The van der Waals surface area contributed by atoms with Crippen LogP contribution in [0.4, 0.5) is 0 Å². The third-order valence-electron chi connectivity index (χ3n) is 10.1. The summed E-state index contributed by atoms with van der Waals surface area (Å²) in [7, 11) is 0. The van der Waals surface area contributed by atoms with E-state index >= 15 is 0 Å². The maximum atomic E-state index is 14.8. The average molecular weight is 790 g/mol. The molecule has 1 saturated heterocycles. The maximum absolute atomic E-state index is 14.8. The molecule has 264 valence electrons. The van der Waals surface area contributed by atoms with Crippen molar-refractivity contribution in [2.75, 3.05) is 6.61 Å². The Hall–Kier alpha value is -3.65. The van der Waals surface area contributed by atoms with Crippen LogP contribution in [0.25, 0.3) is 0 Å². The van der Waals surface area contributed by atoms with Gasteiger partial charge in [0, 0.05) is 0 Å². The molecule has 1 aromatic heterocycles. The van der Waals surface area contributed by atoms with Crippen molar-refractivity contribution in [2.24, 2.45) is 16.2 Å². The van der Waals surface area contributed by atoms with Crippen molar-refractivity contribution in [3.05, 3.63) is 79.5 Å². The molecule has 49 heavy (non-hydrogen) atoms. The number of esters is 4. The molecule has 10 nitrogen and oxygen atoms in total. The van der Waals surface area contributed by atoms with Crippen LogP contribution in [0.5, 0.6) is 11.5 Å². The Kier molecular flexibility index (Phi) is 10.8. The van der Waals surface area contributed by atoms with Crippen LogP contribution in [-0.2, 0) is 44.6 Å². The van der Waals surface area contributed by atoms with E-state index in [1.165, 1.54) is 45.0 Å². The zero-order valence-corrected chi connectivity index (χ0v) is 31.8.